The van der Waals surface area contributed by atoms with E-state index in [1.807, 2.05) is 12.1 Å². The molecular formula is C16H26N2O. The van der Waals surface area contributed by atoms with Gasteiger partial charge in [0.05, 0.1) is 7.11 Å². The van der Waals surface area contributed by atoms with Crippen molar-refractivity contribution in [3.8, 4) is 5.75 Å². The Morgan fingerprint density at radius 2 is 1.89 bits per heavy atom. The molecule has 1 heterocycles. The first-order valence-electron chi connectivity index (χ1n) is 7.36. The van der Waals surface area contributed by atoms with E-state index in [0.29, 0.717) is 6.04 Å². The lowest BCUT2D eigenvalue weighted by atomic mass is 9.90. The van der Waals surface area contributed by atoms with Crippen molar-refractivity contribution in [1.29, 1.82) is 0 Å². The number of piperidine rings is 1. The van der Waals surface area contributed by atoms with E-state index in [4.69, 9.17) is 4.74 Å². The number of hydrogen-bond donors (Lipinski definition) is 1. The number of nitrogens with one attached hydrogen (secondary N) is 1. The van der Waals surface area contributed by atoms with E-state index < -0.39 is 0 Å². The molecular weight excluding hydrogens is 236 g/mol. The van der Waals surface area contributed by atoms with Gasteiger partial charge in [0.15, 0.2) is 0 Å². The van der Waals surface area contributed by atoms with Crippen molar-refractivity contribution in [1.82, 2.24) is 4.90 Å². The van der Waals surface area contributed by atoms with Crippen LogP contribution in [0.4, 0.5) is 5.69 Å². The molecule has 1 aliphatic heterocycles. The molecule has 0 amide bonds. The highest BCUT2D eigenvalue weighted by Gasteiger charge is 2.22. The summed E-state index contributed by atoms with van der Waals surface area (Å²) < 4.78 is 5.18. The maximum absolute atomic E-state index is 5.18. The van der Waals surface area contributed by atoms with Crippen LogP contribution in [0.2, 0.25) is 0 Å². The SMILES string of the molecule is CCN1CCC(C(C)Nc2ccc(OC)cc2)CC1. The van der Waals surface area contributed by atoms with E-state index in [-0.39, 0.29) is 0 Å². The molecule has 1 atom stereocenters. The van der Waals surface area contributed by atoms with Gasteiger partial charge in [-0.2, -0.15) is 0 Å². The minimum Gasteiger partial charge on any atom is -0.497 e. The first-order valence-corrected chi connectivity index (χ1v) is 7.36. The van der Waals surface area contributed by atoms with Crippen LogP contribution in [-0.4, -0.2) is 37.7 Å². The number of ether oxygens (including phenoxy) is 1. The Hall–Kier alpha value is -1.22. The summed E-state index contributed by atoms with van der Waals surface area (Å²) in [6, 6.07) is 8.74. The summed E-state index contributed by atoms with van der Waals surface area (Å²) in [5.41, 5.74) is 1.19. The van der Waals surface area contributed by atoms with Gasteiger partial charge in [-0.25, -0.2) is 0 Å². The van der Waals surface area contributed by atoms with Crippen molar-refractivity contribution in [3.63, 3.8) is 0 Å². The molecule has 1 aromatic carbocycles. The standard InChI is InChI=1S/C16H26N2O/c1-4-18-11-9-14(10-12-18)13(2)17-15-5-7-16(19-3)8-6-15/h5-8,13-14,17H,4,9-12H2,1-3H3. The highest BCUT2D eigenvalue weighted by atomic mass is 16.5. The second-order valence-electron chi connectivity index (χ2n) is 5.43. The average Bonchev–Trinajstić information content (AvgIpc) is 2.48. The van der Waals surface area contributed by atoms with Crippen LogP contribution in [0.5, 0.6) is 5.75 Å². The number of nitrogens with zero attached hydrogens (tertiary/aromatic N) is 1. The second kappa shape index (κ2) is 6.80. The predicted molar refractivity (Wildman–Crippen MR) is 80.9 cm³/mol. The third-order valence-corrected chi connectivity index (χ3v) is 4.27. The van der Waals surface area contributed by atoms with Crippen LogP contribution >= 0.6 is 0 Å². The summed E-state index contributed by atoms with van der Waals surface area (Å²) in [7, 11) is 1.70. The highest BCUT2D eigenvalue weighted by molar-refractivity contribution is 5.47. The molecule has 1 N–H and O–H groups in total. The van der Waals surface area contributed by atoms with Gasteiger partial charge in [-0.1, -0.05) is 6.92 Å². The topological polar surface area (TPSA) is 24.5 Å². The Balaban J connectivity index is 1.84. The molecule has 3 heteroatoms. The number of hydrogen-bond acceptors (Lipinski definition) is 3. The summed E-state index contributed by atoms with van der Waals surface area (Å²) in [6.45, 7) is 8.23. The number of benzene rings is 1. The average molecular weight is 262 g/mol. The van der Waals surface area contributed by atoms with Crippen molar-refractivity contribution in [2.24, 2.45) is 5.92 Å². The third-order valence-electron chi connectivity index (χ3n) is 4.27. The fourth-order valence-corrected chi connectivity index (χ4v) is 2.84. The fraction of sp³-hybridized carbons (Fsp3) is 0.625. The molecule has 0 saturated carbocycles. The van der Waals surface area contributed by atoms with Crippen molar-refractivity contribution in [2.75, 3.05) is 32.1 Å². The Kier molecular flexibility index (Phi) is 5.08. The normalized spacial score (nSPS) is 19.1. The second-order valence-corrected chi connectivity index (χ2v) is 5.43. The number of methoxy groups -OCH3 is 1. The van der Waals surface area contributed by atoms with Crippen LogP contribution in [0.1, 0.15) is 26.7 Å². The summed E-state index contributed by atoms with van der Waals surface area (Å²) in [5, 5.41) is 3.62. The Labute approximate surface area is 116 Å². The van der Waals surface area contributed by atoms with Gasteiger partial charge in [0.25, 0.3) is 0 Å². The number of rotatable bonds is 5. The van der Waals surface area contributed by atoms with Crippen LogP contribution in [0, 0.1) is 5.92 Å². The lowest BCUT2D eigenvalue weighted by Gasteiger charge is -2.34. The van der Waals surface area contributed by atoms with Gasteiger partial charge in [0.1, 0.15) is 5.75 Å². The summed E-state index contributed by atoms with van der Waals surface area (Å²) >= 11 is 0. The Bertz CT molecular complexity index is 369. The lowest BCUT2D eigenvalue weighted by Crippen LogP contribution is -2.39. The molecule has 0 bridgehead atoms. The molecule has 1 saturated heterocycles. The zero-order valence-electron chi connectivity index (χ0n) is 12.4. The Morgan fingerprint density at radius 3 is 2.42 bits per heavy atom. The van der Waals surface area contributed by atoms with Crippen molar-refractivity contribution < 1.29 is 4.74 Å². The molecule has 1 fully saturated rings. The molecule has 19 heavy (non-hydrogen) atoms. The van der Waals surface area contributed by atoms with Gasteiger partial charge in [-0.3, -0.25) is 0 Å². The largest absolute Gasteiger partial charge is 0.497 e. The molecule has 1 aromatic rings. The first kappa shape index (κ1) is 14.2. The monoisotopic (exact) mass is 262 g/mol. The van der Waals surface area contributed by atoms with Crippen molar-refractivity contribution >= 4 is 5.69 Å². The van der Waals surface area contributed by atoms with E-state index in [9.17, 15) is 0 Å². The van der Waals surface area contributed by atoms with E-state index in [1.54, 1.807) is 7.11 Å². The molecule has 106 valence electrons. The molecule has 1 unspecified atom stereocenters. The molecule has 0 aromatic heterocycles. The lowest BCUT2D eigenvalue weighted by molar-refractivity contribution is 0.183. The van der Waals surface area contributed by atoms with Gasteiger partial charge >= 0.3 is 0 Å². The van der Waals surface area contributed by atoms with E-state index >= 15 is 0 Å². The minimum atomic E-state index is 0.535. The van der Waals surface area contributed by atoms with Crippen LogP contribution in [0.3, 0.4) is 0 Å². The van der Waals surface area contributed by atoms with E-state index in [1.165, 1.54) is 38.2 Å². The van der Waals surface area contributed by atoms with E-state index in [2.05, 4.69) is 36.2 Å². The molecule has 0 spiro atoms. The highest BCUT2D eigenvalue weighted by Crippen LogP contribution is 2.24. The van der Waals surface area contributed by atoms with Gasteiger partial charge in [0, 0.05) is 11.7 Å². The van der Waals surface area contributed by atoms with Gasteiger partial charge < -0.3 is 15.0 Å². The minimum absolute atomic E-state index is 0.535. The van der Waals surface area contributed by atoms with Crippen LogP contribution in [-0.2, 0) is 0 Å². The maximum Gasteiger partial charge on any atom is 0.119 e. The molecule has 0 radical (unpaired) electrons. The maximum atomic E-state index is 5.18. The molecule has 1 aliphatic rings. The zero-order valence-corrected chi connectivity index (χ0v) is 12.4. The number of anilines is 1. The summed E-state index contributed by atoms with van der Waals surface area (Å²) in [6.07, 6.45) is 2.61. The number of likely N-dealkylation sites (tertiary alicyclic amines) is 1. The quantitative estimate of drug-likeness (QED) is 0.881. The van der Waals surface area contributed by atoms with Gasteiger partial charge in [0.2, 0.25) is 0 Å². The molecule has 2 rings (SSSR count). The molecule has 0 aliphatic carbocycles. The predicted octanol–water partition coefficient (Wildman–Crippen LogP) is 3.23. The van der Waals surface area contributed by atoms with E-state index in [0.717, 1.165) is 11.7 Å². The van der Waals surface area contributed by atoms with Crippen LogP contribution in [0.25, 0.3) is 0 Å². The van der Waals surface area contributed by atoms with Crippen molar-refractivity contribution in [3.05, 3.63) is 24.3 Å². The van der Waals surface area contributed by atoms with Crippen LogP contribution < -0.4 is 10.1 Å². The zero-order chi connectivity index (χ0) is 13.7. The first-order chi connectivity index (χ1) is 9.22. The Morgan fingerprint density at radius 1 is 1.26 bits per heavy atom. The third kappa shape index (κ3) is 3.87. The fourth-order valence-electron chi connectivity index (χ4n) is 2.84. The summed E-state index contributed by atoms with van der Waals surface area (Å²) in [4.78, 5) is 2.54. The van der Waals surface area contributed by atoms with Crippen LogP contribution in [0.15, 0.2) is 24.3 Å². The smallest absolute Gasteiger partial charge is 0.119 e. The molecule has 3 nitrogen and oxygen atoms in total. The summed E-state index contributed by atoms with van der Waals surface area (Å²) in [5.74, 6) is 1.69. The van der Waals surface area contributed by atoms with Crippen molar-refractivity contribution in [2.45, 2.75) is 32.7 Å². The van der Waals surface area contributed by atoms with Gasteiger partial charge in [-0.15, -0.1) is 0 Å². The van der Waals surface area contributed by atoms with Gasteiger partial charge in [-0.05, 0) is 69.6 Å².